The van der Waals surface area contributed by atoms with E-state index >= 15 is 0 Å². The van der Waals surface area contributed by atoms with Crippen molar-refractivity contribution in [3.63, 3.8) is 0 Å². The highest BCUT2D eigenvalue weighted by Crippen LogP contribution is 2.19. The average molecular weight is 417 g/mol. The van der Waals surface area contributed by atoms with Gasteiger partial charge in [0.1, 0.15) is 12.1 Å². The number of aliphatic carboxylic acids is 1. The van der Waals surface area contributed by atoms with Crippen LogP contribution in [-0.2, 0) is 14.4 Å². The van der Waals surface area contributed by atoms with Crippen molar-refractivity contribution in [2.24, 2.45) is 5.73 Å². The first kappa shape index (κ1) is 21.7. The molecule has 0 heterocycles. The highest BCUT2D eigenvalue weighted by molar-refractivity contribution is 5.93. The second kappa shape index (κ2) is 10.2. The Labute approximate surface area is 179 Å². The molecule has 3 aromatic carbocycles. The van der Waals surface area contributed by atoms with Crippen molar-refractivity contribution in [2.75, 3.05) is 0 Å². The van der Waals surface area contributed by atoms with Gasteiger partial charge in [-0.1, -0.05) is 91.0 Å². The molecule has 0 saturated heterocycles. The minimum atomic E-state index is -1.26. The number of hydrogen-bond acceptors (Lipinski definition) is 4. The van der Waals surface area contributed by atoms with Crippen LogP contribution in [0, 0.1) is 0 Å². The Hall–Kier alpha value is -3.97. The minimum absolute atomic E-state index is 0.419. The Morgan fingerprint density at radius 3 is 1.45 bits per heavy atom. The summed E-state index contributed by atoms with van der Waals surface area (Å²) < 4.78 is 0. The van der Waals surface area contributed by atoms with E-state index in [4.69, 9.17) is 5.73 Å². The lowest BCUT2D eigenvalue weighted by Gasteiger charge is -2.23. The van der Waals surface area contributed by atoms with Crippen LogP contribution in [-0.4, -0.2) is 22.9 Å². The Kier molecular flexibility index (Phi) is 7.13. The maximum atomic E-state index is 13.1. The number of rotatable bonds is 8. The summed E-state index contributed by atoms with van der Waals surface area (Å²) in [6.45, 7) is 0. The van der Waals surface area contributed by atoms with Crippen molar-refractivity contribution >= 4 is 17.8 Å². The summed E-state index contributed by atoms with van der Waals surface area (Å²) in [5, 5.41) is 14.8. The van der Waals surface area contributed by atoms with Gasteiger partial charge in [0, 0.05) is 0 Å². The lowest BCUT2D eigenvalue weighted by molar-refractivity contribution is -0.142. The molecule has 158 valence electrons. The van der Waals surface area contributed by atoms with Gasteiger partial charge in [-0.3, -0.25) is 9.59 Å². The highest BCUT2D eigenvalue weighted by atomic mass is 16.4. The SMILES string of the molecule is NC(C(=O)NC(C(=O)NC(C(=O)O)c1ccccc1)c1ccccc1)c1ccccc1. The Bertz CT molecular complexity index is 1030. The molecule has 0 aliphatic heterocycles. The van der Waals surface area contributed by atoms with Gasteiger partial charge in [0.25, 0.3) is 0 Å². The lowest BCUT2D eigenvalue weighted by Crippen LogP contribution is -2.45. The third-order valence-electron chi connectivity index (χ3n) is 4.79. The normalized spacial score (nSPS) is 13.5. The van der Waals surface area contributed by atoms with Gasteiger partial charge in [-0.25, -0.2) is 4.79 Å². The number of benzene rings is 3. The number of carbonyl (C=O) groups is 3. The average Bonchev–Trinajstić information content (AvgIpc) is 2.81. The van der Waals surface area contributed by atoms with Crippen LogP contribution in [0.25, 0.3) is 0 Å². The summed E-state index contributed by atoms with van der Waals surface area (Å²) in [6.07, 6.45) is 0. The van der Waals surface area contributed by atoms with Crippen LogP contribution in [0.2, 0.25) is 0 Å². The van der Waals surface area contributed by atoms with Gasteiger partial charge in [0.15, 0.2) is 6.04 Å². The summed E-state index contributed by atoms with van der Waals surface area (Å²) in [6, 6.07) is 22.4. The van der Waals surface area contributed by atoms with Crippen molar-refractivity contribution in [3.05, 3.63) is 108 Å². The zero-order valence-corrected chi connectivity index (χ0v) is 16.6. The smallest absolute Gasteiger partial charge is 0.330 e. The summed E-state index contributed by atoms with van der Waals surface area (Å²) in [5.74, 6) is -2.42. The van der Waals surface area contributed by atoms with E-state index in [0.29, 0.717) is 16.7 Å². The second-order valence-corrected chi connectivity index (χ2v) is 6.93. The molecule has 3 unspecified atom stereocenters. The largest absolute Gasteiger partial charge is 0.479 e. The molecule has 0 radical (unpaired) electrons. The molecule has 2 amide bonds. The topological polar surface area (TPSA) is 122 Å². The van der Waals surface area contributed by atoms with Crippen LogP contribution >= 0.6 is 0 Å². The first-order chi connectivity index (χ1) is 15.0. The van der Waals surface area contributed by atoms with Crippen LogP contribution in [0.4, 0.5) is 0 Å². The summed E-state index contributed by atoms with van der Waals surface area (Å²) in [4.78, 5) is 37.7. The number of nitrogens with two attached hydrogens (primary N) is 1. The lowest BCUT2D eigenvalue weighted by atomic mass is 10.0. The van der Waals surface area contributed by atoms with Crippen LogP contribution in [0.1, 0.15) is 34.8 Å². The van der Waals surface area contributed by atoms with Crippen molar-refractivity contribution < 1.29 is 19.5 Å². The fourth-order valence-electron chi connectivity index (χ4n) is 3.15. The van der Waals surface area contributed by atoms with E-state index in [2.05, 4.69) is 10.6 Å². The third kappa shape index (κ3) is 5.55. The highest BCUT2D eigenvalue weighted by Gasteiger charge is 2.30. The van der Waals surface area contributed by atoms with E-state index in [9.17, 15) is 19.5 Å². The van der Waals surface area contributed by atoms with Gasteiger partial charge in [-0.15, -0.1) is 0 Å². The van der Waals surface area contributed by atoms with E-state index in [-0.39, 0.29) is 0 Å². The summed E-state index contributed by atoms with van der Waals surface area (Å²) in [5.41, 5.74) is 7.59. The molecule has 0 aliphatic rings. The predicted molar refractivity (Wildman–Crippen MR) is 116 cm³/mol. The van der Waals surface area contributed by atoms with Crippen molar-refractivity contribution in [2.45, 2.75) is 18.1 Å². The van der Waals surface area contributed by atoms with Gasteiger partial charge in [0.2, 0.25) is 11.8 Å². The molecule has 0 aliphatic carbocycles. The predicted octanol–water partition coefficient (Wildman–Crippen LogP) is 2.49. The molecule has 5 N–H and O–H groups in total. The van der Waals surface area contributed by atoms with Crippen molar-refractivity contribution in [1.29, 1.82) is 0 Å². The zero-order valence-electron chi connectivity index (χ0n) is 16.6. The minimum Gasteiger partial charge on any atom is -0.479 e. The molecule has 0 aromatic heterocycles. The molecule has 0 bridgehead atoms. The second-order valence-electron chi connectivity index (χ2n) is 6.93. The van der Waals surface area contributed by atoms with Crippen LogP contribution in [0.5, 0.6) is 0 Å². The number of carbonyl (C=O) groups excluding carboxylic acids is 2. The van der Waals surface area contributed by atoms with Crippen LogP contribution < -0.4 is 16.4 Å². The van der Waals surface area contributed by atoms with E-state index in [1.807, 2.05) is 6.07 Å². The summed E-state index contributed by atoms with van der Waals surface area (Å²) >= 11 is 0. The Morgan fingerprint density at radius 2 is 1.00 bits per heavy atom. The number of amides is 2. The zero-order chi connectivity index (χ0) is 22.2. The van der Waals surface area contributed by atoms with Crippen LogP contribution in [0.15, 0.2) is 91.0 Å². The monoisotopic (exact) mass is 417 g/mol. The van der Waals surface area contributed by atoms with Crippen LogP contribution in [0.3, 0.4) is 0 Å². The number of carboxylic acids is 1. The molecular formula is C24H23N3O4. The maximum Gasteiger partial charge on any atom is 0.330 e. The molecule has 31 heavy (non-hydrogen) atoms. The molecule has 0 fully saturated rings. The fourth-order valence-corrected chi connectivity index (χ4v) is 3.15. The van der Waals surface area contributed by atoms with Gasteiger partial charge in [-0.2, -0.15) is 0 Å². The molecular weight excluding hydrogens is 394 g/mol. The first-order valence-corrected chi connectivity index (χ1v) is 9.71. The van der Waals surface area contributed by atoms with E-state index in [1.54, 1.807) is 84.9 Å². The molecule has 7 heteroatoms. The molecule has 0 spiro atoms. The van der Waals surface area contributed by atoms with Gasteiger partial charge in [0.05, 0.1) is 0 Å². The van der Waals surface area contributed by atoms with Crippen molar-refractivity contribution in [1.82, 2.24) is 10.6 Å². The fraction of sp³-hybridized carbons (Fsp3) is 0.125. The summed E-state index contributed by atoms with van der Waals surface area (Å²) in [7, 11) is 0. The van der Waals surface area contributed by atoms with Gasteiger partial charge < -0.3 is 21.5 Å². The molecule has 0 saturated carbocycles. The number of nitrogens with one attached hydrogen (secondary N) is 2. The van der Waals surface area contributed by atoms with E-state index in [1.165, 1.54) is 0 Å². The quantitative estimate of drug-likeness (QED) is 0.449. The van der Waals surface area contributed by atoms with E-state index in [0.717, 1.165) is 0 Å². The molecule has 7 nitrogen and oxygen atoms in total. The van der Waals surface area contributed by atoms with E-state index < -0.39 is 35.9 Å². The van der Waals surface area contributed by atoms with Crippen molar-refractivity contribution in [3.8, 4) is 0 Å². The Balaban J connectivity index is 1.84. The molecule has 3 atom stereocenters. The third-order valence-corrected chi connectivity index (χ3v) is 4.79. The molecule has 3 rings (SSSR count). The molecule has 3 aromatic rings. The number of carboxylic acid groups (broad SMARTS) is 1. The van der Waals surface area contributed by atoms with Gasteiger partial charge in [-0.05, 0) is 16.7 Å². The Morgan fingerprint density at radius 1 is 0.613 bits per heavy atom. The van der Waals surface area contributed by atoms with Gasteiger partial charge >= 0.3 is 5.97 Å². The maximum absolute atomic E-state index is 13.1. The number of hydrogen-bond donors (Lipinski definition) is 4. The first-order valence-electron chi connectivity index (χ1n) is 9.71. The standard InChI is InChI=1S/C24H23N3O4/c25-19(16-10-4-1-5-11-16)22(28)26-20(17-12-6-2-7-13-17)23(29)27-21(24(30)31)18-14-8-3-9-15-18/h1-15,19-21H,25H2,(H,26,28)(H,27,29)(H,30,31).